The Morgan fingerprint density at radius 2 is 2.15 bits per heavy atom. The van der Waals surface area contributed by atoms with Gasteiger partial charge in [0.1, 0.15) is 11.4 Å². The minimum absolute atomic E-state index is 0.00493. The van der Waals surface area contributed by atoms with E-state index >= 15 is 0 Å². The highest BCUT2D eigenvalue weighted by Crippen LogP contribution is 2.28. The van der Waals surface area contributed by atoms with Gasteiger partial charge in [0.2, 0.25) is 0 Å². The molecule has 1 aliphatic heterocycles. The first-order chi connectivity index (χ1) is 9.57. The molecule has 1 aromatic carbocycles. The quantitative estimate of drug-likeness (QED) is 0.838. The molecule has 1 aliphatic rings. The fourth-order valence-corrected chi connectivity index (χ4v) is 2.68. The van der Waals surface area contributed by atoms with Crippen molar-refractivity contribution in [3.63, 3.8) is 0 Å². The first kappa shape index (κ1) is 15.4. The Labute approximate surface area is 123 Å². The number of carbonyl (C=O) groups excluding carboxylic acids is 1. The molecule has 20 heavy (non-hydrogen) atoms. The van der Waals surface area contributed by atoms with Crippen molar-refractivity contribution in [3.05, 3.63) is 34.6 Å². The fourth-order valence-electron chi connectivity index (χ4n) is 2.48. The number of benzene rings is 1. The monoisotopic (exact) mass is 300 g/mol. The summed E-state index contributed by atoms with van der Waals surface area (Å²) in [5.74, 6) is -0.473. The highest BCUT2D eigenvalue weighted by Gasteiger charge is 2.40. The molecule has 0 aliphatic carbocycles. The lowest BCUT2D eigenvalue weighted by Crippen LogP contribution is -2.47. The van der Waals surface area contributed by atoms with Crippen molar-refractivity contribution < 1.29 is 18.7 Å². The van der Waals surface area contributed by atoms with Crippen LogP contribution in [0.4, 0.5) is 4.39 Å². The number of ether oxygens (including phenoxy) is 2. The molecule has 5 heteroatoms. The Balaban J connectivity index is 2.13. The van der Waals surface area contributed by atoms with Crippen LogP contribution in [-0.4, -0.2) is 31.2 Å². The van der Waals surface area contributed by atoms with Gasteiger partial charge in [-0.15, -0.1) is 0 Å². The minimum Gasteiger partial charge on any atom is -0.381 e. The predicted molar refractivity (Wildman–Crippen MR) is 74.5 cm³/mol. The molecular formula is C15H18ClFO3. The molecule has 0 radical (unpaired) electrons. The number of ketones is 1. The molecule has 1 aromatic rings. The Morgan fingerprint density at radius 3 is 2.75 bits per heavy atom. The lowest BCUT2D eigenvalue weighted by atomic mass is 9.86. The van der Waals surface area contributed by atoms with Crippen molar-refractivity contribution in [1.82, 2.24) is 0 Å². The largest absolute Gasteiger partial charge is 0.381 e. The molecule has 1 saturated heterocycles. The summed E-state index contributed by atoms with van der Waals surface area (Å²) in [5, 5.41) is 0.0349. The van der Waals surface area contributed by atoms with Crippen molar-refractivity contribution in [2.75, 3.05) is 19.8 Å². The van der Waals surface area contributed by atoms with Crippen LogP contribution < -0.4 is 0 Å². The molecule has 0 bridgehead atoms. The van der Waals surface area contributed by atoms with Gasteiger partial charge in [0.15, 0.2) is 5.78 Å². The zero-order valence-corrected chi connectivity index (χ0v) is 12.2. The number of Topliss-reactive ketones (excluding diaryl/α,β-unsaturated/α-hetero) is 1. The van der Waals surface area contributed by atoms with E-state index < -0.39 is 11.4 Å². The van der Waals surface area contributed by atoms with Gasteiger partial charge in [0.25, 0.3) is 0 Å². The second-order valence-electron chi connectivity index (χ2n) is 4.89. The molecule has 1 heterocycles. The summed E-state index contributed by atoms with van der Waals surface area (Å²) >= 11 is 5.74. The Kier molecular flexibility index (Phi) is 5.13. The average Bonchev–Trinajstić information content (AvgIpc) is 2.44. The summed E-state index contributed by atoms with van der Waals surface area (Å²) in [6.07, 6.45) is 1.32. The van der Waals surface area contributed by atoms with E-state index in [1.807, 2.05) is 6.92 Å². The van der Waals surface area contributed by atoms with E-state index in [1.165, 1.54) is 12.1 Å². The molecular weight excluding hydrogens is 283 g/mol. The van der Waals surface area contributed by atoms with E-state index in [0.717, 1.165) is 0 Å². The summed E-state index contributed by atoms with van der Waals surface area (Å²) in [7, 11) is 0. The van der Waals surface area contributed by atoms with Crippen molar-refractivity contribution >= 4 is 17.4 Å². The third-order valence-electron chi connectivity index (χ3n) is 3.58. The van der Waals surface area contributed by atoms with E-state index in [0.29, 0.717) is 38.2 Å². The van der Waals surface area contributed by atoms with Gasteiger partial charge in [-0.05, 0) is 24.6 Å². The molecule has 0 spiro atoms. The smallest absolute Gasteiger partial charge is 0.169 e. The molecule has 0 saturated carbocycles. The van der Waals surface area contributed by atoms with Gasteiger partial charge in [-0.25, -0.2) is 4.39 Å². The van der Waals surface area contributed by atoms with Crippen molar-refractivity contribution in [2.45, 2.75) is 31.8 Å². The maximum absolute atomic E-state index is 13.1. The SMILES string of the molecule is CCOC1(C(=O)Cc2ccc(F)c(Cl)c2)CCOCC1. The van der Waals surface area contributed by atoms with Crippen LogP contribution in [-0.2, 0) is 20.7 Å². The summed E-state index contributed by atoms with van der Waals surface area (Å²) in [5.41, 5.74) is -0.0691. The Morgan fingerprint density at radius 1 is 1.45 bits per heavy atom. The van der Waals surface area contributed by atoms with Crippen LogP contribution in [0.2, 0.25) is 5.02 Å². The van der Waals surface area contributed by atoms with Gasteiger partial charge in [-0.3, -0.25) is 4.79 Å². The van der Waals surface area contributed by atoms with E-state index in [2.05, 4.69) is 0 Å². The number of rotatable bonds is 5. The standard InChI is InChI=1S/C15H18ClFO3/c1-2-20-15(5-7-19-8-6-15)14(18)10-11-3-4-13(17)12(16)9-11/h3-4,9H,2,5-8,10H2,1H3. The van der Waals surface area contributed by atoms with E-state index in [-0.39, 0.29) is 17.2 Å². The molecule has 0 atom stereocenters. The molecule has 1 fully saturated rings. The number of hydrogen-bond donors (Lipinski definition) is 0. The molecule has 3 nitrogen and oxygen atoms in total. The van der Waals surface area contributed by atoms with Gasteiger partial charge < -0.3 is 9.47 Å². The predicted octanol–water partition coefficient (Wildman–Crippen LogP) is 3.18. The second kappa shape index (κ2) is 6.66. The summed E-state index contributed by atoms with van der Waals surface area (Å²) < 4.78 is 24.2. The number of carbonyl (C=O) groups is 1. The van der Waals surface area contributed by atoms with Crippen molar-refractivity contribution in [1.29, 1.82) is 0 Å². The second-order valence-corrected chi connectivity index (χ2v) is 5.30. The highest BCUT2D eigenvalue weighted by atomic mass is 35.5. The van der Waals surface area contributed by atoms with Crippen molar-refractivity contribution in [3.8, 4) is 0 Å². The summed E-state index contributed by atoms with van der Waals surface area (Å²) in [6, 6.07) is 4.36. The zero-order chi connectivity index (χ0) is 14.6. The number of hydrogen-bond acceptors (Lipinski definition) is 3. The first-order valence-corrected chi connectivity index (χ1v) is 7.14. The van der Waals surface area contributed by atoms with E-state index in [4.69, 9.17) is 21.1 Å². The first-order valence-electron chi connectivity index (χ1n) is 6.76. The molecule has 0 aromatic heterocycles. The van der Waals surface area contributed by atoms with Crippen LogP contribution in [0.5, 0.6) is 0 Å². The van der Waals surface area contributed by atoms with Crippen molar-refractivity contribution in [2.24, 2.45) is 0 Å². The normalized spacial score (nSPS) is 17.9. The fraction of sp³-hybridized carbons (Fsp3) is 0.533. The third kappa shape index (κ3) is 3.37. The van der Waals surface area contributed by atoms with Crippen LogP contribution in [0.25, 0.3) is 0 Å². The van der Waals surface area contributed by atoms with Crippen LogP contribution in [0.3, 0.4) is 0 Å². The molecule has 0 amide bonds. The van der Waals surface area contributed by atoms with Gasteiger partial charge in [-0.1, -0.05) is 17.7 Å². The van der Waals surface area contributed by atoms with E-state index in [9.17, 15) is 9.18 Å². The Bertz CT molecular complexity index is 478. The maximum atomic E-state index is 13.1. The van der Waals surface area contributed by atoms with Crippen LogP contribution in [0.15, 0.2) is 18.2 Å². The van der Waals surface area contributed by atoms with Gasteiger partial charge in [-0.2, -0.15) is 0 Å². The lowest BCUT2D eigenvalue weighted by Gasteiger charge is -2.35. The summed E-state index contributed by atoms with van der Waals surface area (Å²) in [6.45, 7) is 3.40. The molecule has 110 valence electrons. The van der Waals surface area contributed by atoms with Gasteiger partial charge >= 0.3 is 0 Å². The minimum atomic E-state index is -0.770. The maximum Gasteiger partial charge on any atom is 0.169 e. The highest BCUT2D eigenvalue weighted by molar-refractivity contribution is 6.30. The summed E-state index contributed by atoms with van der Waals surface area (Å²) in [4.78, 5) is 12.6. The zero-order valence-electron chi connectivity index (χ0n) is 11.5. The molecule has 2 rings (SSSR count). The average molecular weight is 301 g/mol. The van der Waals surface area contributed by atoms with Crippen LogP contribution in [0, 0.1) is 5.82 Å². The number of halogens is 2. The van der Waals surface area contributed by atoms with Crippen LogP contribution >= 0.6 is 11.6 Å². The topological polar surface area (TPSA) is 35.5 Å². The third-order valence-corrected chi connectivity index (χ3v) is 3.87. The van der Waals surface area contributed by atoms with Gasteiger partial charge in [0.05, 0.1) is 5.02 Å². The van der Waals surface area contributed by atoms with Crippen LogP contribution in [0.1, 0.15) is 25.3 Å². The Hall–Kier alpha value is -0.970. The van der Waals surface area contributed by atoms with E-state index in [1.54, 1.807) is 6.07 Å². The lowest BCUT2D eigenvalue weighted by molar-refractivity contribution is -0.156. The molecule has 0 unspecified atom stereocenters. The molecule has 0 N–H and O–H groups in total. The van der Waals surface area contributed by atoms with Gasteiger partial charge in [0, 0.05) is 39.1 Å².